The predicted octanol–water partition coefficient (Wildman–Crippen LogP) is 18.5. The molecule has 5 heterocycles. The van der Waals surface area contributed by atoms with Crippen molar-refractivity contribution in [1.82, 2.24) is 28.2 Å². The molecule has 0 radical (unpaired) electrons. The van der Waals surface area contributed by atoms with Crippen LogP contribution < -0.4 is 0 Å². The van der Waals surface area contributed by atoms with E-state index in [9.17, 15) is 0 Å². The van der Waals surface area contributed by atoms with Crippen LogP contribution in [0.5, 0.6) is 0 Å². The van der Waals surface area contributed by atoms with E-state index >= 15 is 0 Å². The minimum atomic E-state index is 0.684. The quantitative estimate of drug-likeness (QED) is 0.156. The summed E-state index contributed by atoms with van der Waals surface area (Å²) in [5.74, 6) is 0.684. The standard InChI is InChI=1S/C72H44N6/c1-2-16-52-45(15-1)33-40-59-70(46-29-34-48(35-30-46)75-66-27-13-7-21-57(66)60-43-50(38-41-68(60)75)77-62-23-9-3-17-53(62)54-18-4-10-24-63(54)77)73-72(74-71(52)59)47-31-36-49(37-32-47)76-67-28-14-8-22-58(67)61-44-51(39-42-69(61)76)78-64-25-11-5-19-55(64)56-20-6-12-26-65(56)78/h1-44H. The largest absolute Gasteiger partial charge is 0.309 e. The van der Waals surface area contributed by atoms with Crippen molar-refractivity contribution in [3.63, 3.8) is 0 Å². The van der Waals surface area contributed by atoms with Crippen LogP contribution in [0.1, 0.15) is 0 Å². The van der Waals surface area contributed by atoms with Crippen molar-refractivity contribution in [2.75, 3.05) is 0 Å². The van der Waals surface area contributed by atoms with E-state index in [0.717, 1.165) is 83.3 Å². The topological polar surface area (TPSA) is 45.5 Å². The fourth-order valence-corrected chi connectivity index (χ4v) is 12.9. The Kier molecular flexibility index (Phi) is 9.03. The van der Waals surface area contributed by atoms with Gasteiger partial charge in [0, 0.05) is 87.7 Å². The van der Waals surface area contributed by atoms with Crippen molar-refractivity contribution in [2.45, 2.75) is 0 Å². The molecule has 5 aromatic heterocycles. The van der Waals surface area contributed by atoms with Crippen LogP contribution >= 0.6 is 0 Å². The number of hydrogen-bond acceptors (Lipinski definition) is 2. The molecule has 0 atom stereocenters. The Hall–Kier alpha value is -10.6. The maximum atomic E-state index is 5.46. The first-order valence-electron chi connectivity index (χ1n) is 26.6. The van der Waals surface area contributed by atoms with Crippen LogP contribution in [0.15, 0.2) is 267 Å². The minimum Gasteiger partial charge on any atom is -0.309 e. The van der Waals surface area contributed by atoms with Crippen molar-refractivity contribution in [3.8, 4) is 45.4 Å². The van der Waals surface area contributed by atoms with Crippen LogP contribution in [0.4, 0.5) is 0 Å². The van der Waals surface area contributed by atoms with Gasteiger partial charge in [-0.15, -0.1) is 0 Å². The van der Waals surface area contributed by atoms with E-state index in [2.05, 4.69) is 285 Å². The van der Waals surface area contributed by atoms with Crippen LogP contribution in [0, 0.1) is 0 Å². The van der Waals surface area contributed by atoms with Gasteiger partial charge in [0.05, 0.1) is 55.3 Å². The normalized spacial score (nSPS) is 12.1. The summed E-state index contributed by atoms with van der Waals surface area (Å²) >= 11 is 0. The van der Waals surface area contributed by atoms with Gasteiger partial charge < -0.3 is 18.3 Å². The zero-order valence-electron chi connectivity index (χ0n) is 42.1. The van der Waals surface area contributed by atoms with Crippen molar-refractivity contribution < 1.29 is 0 Å². The van der Waals surface area contributed by atoms with Gasteiger partial charge in [0.15, 0.2) is 5.82 Å². The van der Waals surface area contributed by atoms with Crippen LogP contribution in [0.3, 0.4) is 0 Å². The Labute approximate surface area is 447 Å². The lowest BCUT2D eigenvalue weighted by atomic mass is 10.0. The van der Waals surface area contributed by atoms with E-state index in [-0.39, 0.29) is 0 Å². The van der Waals surface area contributed by atoms with E-state index in [4.69, 9.17) is 9.97 Å². The maximum absolute atomic E-state index is 5.46. The molecule has 78 heavy (non-hydrogen) atoms. The summed E-state index contributed by atoms with van der Waals surface area (Å²) in [6.45, 7) is 0. The molecule has 17 aromatic rings. The van der Waals surface area contributed by atoms with Gasteiger partial charge in [-0.3, -0.25) is 0 Å². The van der Waals surface area contributed by atoms with Gasteiger partial charge in [0.1, 0.15) is 0 Å². The van der Waals surface area contributed by atoms with E-state index in [1.165, 1.54) is 65.2 Å². The number of rotatable bonds is 6. The molecule has 0 unspecified atom stereocenters. The summed E-state index contributed by atoms with van der Waals surface area (Å²) in [4.78, 5) is 10.8. The van der Waals surface area contributed by atoms with Gasteiger partial charge in [-0.05, 0) is 121 Å². The molecular weight excluding hydrogens is 949 g/mol. The first-order valence-corrected chi connectivity index (χ1v) is 26.6. The summed E-state index contributed by atoms with van der Waals surface area (Å²) in [7, 11) is 0. The van der Waals surface area contributed by atoms with Gasteiger partial charge in [-0.25, -0.2) is 9.97 Å². The van der Waals surface area contributed by atoms with E-state index in [1.54, 1.807) is 0 Å². The molecule has 0 N–H and O–H groups in total. The Bertz CT molecular complexity index is 5210. The van der Waals surface area contributed by atoms with Gasteiger partial charge >= 0.3 is 0 Å². The highest BCUT2D eigenvalue weighted by atomic mass is 15.0. The molecule has 0 aliphatic rings. The fourth-order valence-electron chi connectivity index (χ4n) is 12.9. The molecule has 17 rings (SSSR count). The molecule has 0 saturated heterocycles. The molecule has 6 nitrogen and oxygen atoms in total. The number of benzene rings is 12. The highest BCUT2D eigenvalue weighted by Gasteiger charge is 2.20. The summed E-state index contributed by atoms with van der Waals surface area (Å²) in [5, 5.41) is 13.1. The lowest BCUT2D eigenvalue weighted by Crippen LogP contribution is -1.98. The molecule has 0 saturated carbocycles. The molecule has 0 bridgehead atoms. The van der Waals surface area contributed by atoms with Crippen LogP contribution in [0.25, 0.3) is 154 Å². The van der Waals surface area contributed by atoms with Crippen LogP contribution in [-0.2, 0) is 0 Å². The van der Waals surface area contributed by atoms with Gasteiger partial charge in [0.25, 0.3) is 0 Å². The van der Waals surface area contributed by atoms with E-state index in [0.29, 0.717) is 5.82 Å². The summed E-state index contributed by atoms with van der Waals surface area (Å²) in [6.07, 6.45) is 0. The molecule has 6 heteroatoms. The molecule has 362 valence electrons. The highest BCUT2D eigenvalue weighted by molar-refractivity contribution is 6.15. The SMILES string of the molecule is c1ccc2c(c1)ccc1c(-c3ccc(-n4c5ccccc5c5cc(-n6c7ccccc7c7ccccc76)ccc54)cc3)nc(-c3ccc(-n4c5ccccc5c5cc(-n6c7ccccc7c7ccccc76)ccc54)cc3)nc12. The monoisotopic (exact) mass is 992 g/mol. The molecular formula is C72H44N6. The lowest BCUT2D eigenvalue weighted by Gasteiger charge is -2.14. The molecule has 0 aliphatic carbocycles. The third-order valence-electron chi connectivity index (χ3n) is 16.4. The highest BCUT2D eigenvalue weighted by Crippen LogP contribution is 2.41. The number of aromatic nitrogens is 6. The van der Waals surface area contributed by atoms with Crippen LogP contribution in [-0.4, -0.2) is 28.2 Å². The summed E-state index contributed by atoms with van der Waals surface area (Å²) in [5.41, 5.74) is 17.7. The Morgan fingerprint density at radius 1 is 0.218 bits per heavy atom. The number of fused-ring (bicyclic) bond motifs is 15. The molecule has 0 amide bonds. The van der Waals surface area contributed by atoms with Crippen LogP contribution in [0.2, 0.25) is 0 Å². The second-order valence-electron chi connectivity index (χ2n) is 20.5. The summed E-state index contributed by atoms with van der Waals surface area (Å²) in [6, 6.07) is 96.8. The first kappa shape index (κ1) is 42.8. The fraction of sp³-hybridized carbons (Fsp3) is 0. The maximum Gasteiger partial charge on any atom is 0.160 e. The number of nitrogens with zero attached hydrogens (tertiary/aromatic N) is 6. The van der Waals surface area contributed by atoms with E-state index in [1.807, 2.05) is 0 Å². The third kappa shape index (κ3) is 6.19. The smallest absolute Gasteiger partial charge is 0.160 e. The van der Waals surface area contributed by atoms with E-state index < -0.39 is 0 Å². The predicted molar refractivity (Wildman–Crippen MR) is 325 cm³/mol. The Morgan fingerprint density at radius 3 is 0.987 bits per heavy atom. The van der Waals surface area contributed by atoms with Crippen molar-refractivity contribution in [1.29, 1.82) is 0 Å². The number of hydrogen-bond donors (Lipinski definition) is 0. The average molecular weight is 993 g/mol. The zero-order valence-corrected chi connectivity index (χ0v) is 42.1. The van der Waals surface area contributed by atoms with Crippen molar-refractivity contribution in [2.24, 2.45) is 0 Å². The van der Waals surface area contributed by atoms with Crippen molar-refractivity contribution >= 4 is 109 Å². The Morgan fingerprint density at radius 2 is 0.551 bits per heavy atom. The molecule has 0 spiro atoms. The van der Waals surface area contributed by atoms with Gasteiger partial charge in [-0.1, -0.05) is 152 Å². The second-order valence-corrected chi connectivity index (χ2v) is 20.5. The first-order chi connectivity index (χ1) is 38.7. The van der Waals surface area contributed by atoms with Gasteiger partial charge in [-0.2, -0.15) is 0 Å². The zero-order chi connectivity index (χ0) is 51.0. The molecule has 0 aliphatic heterocycles. The lowest BCUT2D eigenvalue weighted by molar-refractivity contribution is 1.16. The average Bonchev–Trinajstić information content (AvgIpc) is 4.28. The van der Waals surface area contributed by atoms with Crippen molar-refractivity contribution in [3.05, 3.63) is 267 Å². The molecule has 12 aromatic carbocycles. The molecule has 0 fully saturated rings. The summed E-state index contributed by atoms with van der Waals surface area (Å²) < 4.78 is 9.57. The minimum absolute atomic E-state index is 0.684. The number of para-hydroxylation sites is 6. The Balaban J connectivity index is 0.771. The third-order valence-corrected chi connectivity index (χ3v) is 16.4. The van der Waals surface area contributed by atoms with Gasteiger partial charge in [0.2, 0.25) is 0 Å². The second kappa shape index (κ2) is 16.5.